The average Bonchev–Trinajstić information content (AvgIpc) is 2.91. The number of benzene rings is 1. The number of halogens is 2. The third kappa shape index (κ3) is 2.31. The number of carbonyl (C=O) groups excluding carboxylic acids is 1. The zero-order chi connectivity index (χ0) is 16.8. The molecule has 0 amide bonds. The summed E-state index contributed by atoms with van der Waals surface area (Å²) in [6, 6.07) is 6.41. The minimum Gasteiger partial charge on any atom is -0.303 e. The summed E-state index contributed by atoms with van der Waals surface area (Å²) in [5.74, 6) is -1.47. The number of rotatable bonds is 2. The van der Waals surface area contributed by atoms with E-state index < -0.39 is 17.4 Å². The van der Waals surface area contributed by atoms with E-state index in [2.05, 4.69) is 11.9 Å². The van der Waals surface area contributed by atoms with Crippen molar-refractivity contribution in [2.75, 3.05) is 0 Å². The Morgan fingerprint density at radius 3 is 2.88 bits per heavy atom. The number of ketones is 1. The average molecular weight is 326 g/mol. The second kappa shape index (κ2) is 5.51. The van der Waals surface area contributed by atoms with Crippen LogP contribution < -0.4 is 0 Å². The number of hydrogen-bond acceptors (Lipinski definition) is 2. The molecular formula is C19H16F2N2O. The predicted octanol–water partition coefficient (Wildman–Crippen LogP) is 3.97. The molecule has 0 saturated heterocycles. The molecule has 1 aliphatic carbocycles. The number of nitrogens with zero attached hydrogens (tertiary/aromatic N) is 2. The Balaban J connectivity index is 1.86. The van der Waals surface area contributed by atoms with Gasteiger partial charge in [0.05, 0.1) is 16.8 Å². The van der Waals surface area contributed by atoms with Crippen LogP contribution in [0.15, 0.2) is 36.5 Å². The molecule has 1 aliphatic rings. The van der Waals surface area contributed by atoms with Crippen LogP contribution in [0.5, 0.6) is 0 Å². The normalized spacial score (nSPS) is 17.0. The number of aryl methyl sites for hydroxylation is 1. The van der Waals surface area contributed by atoms with Crippen molar-refractivity contribution in [1.82, 2.24) is 9.38 Å². The molecule has 1 aromatic carbocycles. The summed E-state index contributed by atoms with van der Waals surface area (Å²) in [6.45, 7) is 2.19. The predicted molar refractivity (Wildman–Crippen MR) is 86.2 cm³/mol. The molecule has 4 rings (SSSR count). The van der Waals surface area contributed by atoms with E-state index in [1.165, 1.54) is 6.07 Å². The van der Waals surface area contributed by atoms with Gasteiger partial charge in [-0.2, -0.15) is 0 Å². The first-order chi connectivity index (χ1) is 11.5. The molecule has 3 aromatic rings. The van der Waals surface area contributed by atoms with E-state index >= 15 is 0 Å². The number of hydrogen-bond donors (Lipinski definition) is 0. The Hall–Kier alpha value is -2.56. The number of fused-ring (bicyclic) bond motifs is 3. The highest BCUT2D eigenvalue weighted by molar-refractivity contribution is 6.12. The van der Waals surface area contributed by atoms with E-state index in [4.69, 9.17) is 0 Å². The molecule has 122 valence electrons. The molecule has 1 atom stereocenters. The van der Waals surface area contributed by atoms with Crippen LogP contribution in [0.3, 0.4) is 0 Å². The number of carbonyl (C=O) groups is 1. The van der Waals surface area contributed by atoms with Crippen LogP contribution in [0, 0.1) is 17.6 Å². The fourth-order valence-electron chi connectivity index (χ4n) is 3.40. The highest BCUT2D eigenvalue weighted by Gasteiger charge is 2.24. The summed E-state index contributed by atoms with van der Waals surface area (Å²) in [6.07, 6.45) is 4.77. The van der Waals surface area contributed by atoms with Gasteiger partial charge < -0.3 is 4.40 Å². The Morgan fingerprint density at radius 1 is 1.25 bits per heavy atom. The quantitative estimate of drug-likeness (QED) is 0.668. The van der Waals surface area contributed by atoms with Gasteiger partial charge in [0.15, 0.2) is 5.78 Å². The lowest BCUT2D eigenvalue weighted by molar-refractivity contribution is 0.103. The van der Waals surface area contributed by atoms with E-state index in [0.29, 0.717) is 17.1 Å². The van der Waals surface area contributed by atoms with Gasteiger partial charge in [0.1, 0.15) is 17.3 Å². The van der Waals surface area contributed by atoms with Gasteiger partial charge >= 0.3 is 0 Å². The molecule has 2 heterocycles. The van der Waals surface area contributed by atoms with Crippen LogP contribution >= 0.6 is 0 Å². The standard InChI is InChI=1S/C19H16F2N2O/c1-11-4-7-17-16(9-11)22-19-14(3-2-8-23(17)19)18(24)13-6-5-12(20)10-15(13)21/h2-3,5-6,8,10-11H,4,7,9H2,1H3. The largest absolute Gasteiger partial charge is 0.303 e. The lowest BCUT2D eigenvalue weighted by Crippen LogP contribution is -2.12. The van der Waals surface area contributed by atoms with Crippen LogP contribution in [0.25, 0.3) is 5.65 Å². The first kappa shape index (κ1) is 15.0. The molecule has 0 radical (unpaired) electrons. The molecule has 24 heavy (non-hydrogen) atoms. The van der Waals surface area contributed by atoms with Gasteiger partial charge in [-0.25, -0.2) is 13.8 Å². The highest BCUT2D eigenvalue weighted by atomic mass is 19.1. The van der Waals surface area contributed by atoms with Crippen LogP contribution in [0.1, 0.15) is 40.7 Å². The van der Waals surface area contributed by atoms with Gasteiger partial charge in [-0.1, -0.05) is 6.92 Å². The molecule has 0 saturated carbocycles. The number of imidazole rings is 1. The SMILES string of the molecule is CC1CCc2c(nc3c(C(=O)c4ccc(F)cc4F)cccn23)C1. The van der Waals surface area contributed by atoms with Gasteiger partial charge in [0.2, 0.25) is 0 Å². The Morgan fingerprint density at radius 2 is 2.08 bits per heavy atom. The summed E-state index contributed by atoms with van der Waals surface area (Å²) in [7, 11) is 0. The van der Waals surface area contributed by atoms with Crippen molar-refractivity contribution in [3.63, 3.8) is 0 Å². The topological polar surface area (TPSA) is 34.4 Å². The van der Waals surface area contributed by atoms with E-state index in [-0.39, 0.29) is 5.56 Å². The Labute approximate surface area is 138 Å². The maximum atomic E-state index is 14.0. The molecule has 2 aromatic heterocycles. The molecule has 0 bridgehead atoms. The number of aromatic nitrogens is 2. The highest BCUT2D eigenvalue weighted by Crippen LogP contribution is 2.28. The van der Waals surface area contributed by atoms with Crippen LogP contribution in [-0.2, 0) is 12.8 Å². The van der Waals surface area contributed by atoms with E-state index in [9.17, 15) is 13.6 Å². The Kier molecular flexibility index (Phi) is 3.44. The summed E-state index contributed by atoms with van der Waals surface area (Å²) in [4.78, 5) is 17.4. The first-order valence-electron chi connectivity index (χ1n) is 8.03. The fourth-order valence-corrected chi connectivity index (χ4v) is 3.40. The second-order valence-electron chi connectivity index (χ2n) is 6.42. The van der Waals surface area contributed by atoms with Crippen LogP contribution in [-0.4, -0.2) is 15.2 Å². The van der Waals surface area contributed by atoms with Crippen LogP contribution in [0.2, 0.25) is 0 Å². The Bertz CT molecular complexity index is 961. The van der Waals surface area contributed by atoms with Gasteiger partial charge in [-0.3, -0.25) is 4.79 Å². The number of pyridine rings is 1. The van der Waals surface area contributed by atoms with Gasteiger partial charge in [-0.15, -0.1) is 0 Å². The molecule has 0 N–H and O–H groups in total. The van der Waals surface area contributed by atoms with E-state index in [1.54, 1.807) is 12.1 Å². The van der Waals surface area contributed by atoms with Crippen LogP contribution in [0.4, 0.5) is 8.78 Å². The van der Waals surface area contributed by atoms with Crippen molar-refractivity contribution in [2.24, 2.45) is 5.92 Å². The summed E-state index contributed by atoms with van der Waals surface area (Å²) >= 11 is 0. The van der Waals surface area contributed by atoms with E-state index in [1.807, 2.05) is 10.6 Å². The van der Waals surface area contributed by atoms with Crippen molar-refractivity contribution in [3.05, 3.63) is 70.7 Å². The van der Waals surface area contributed by atoms with Crippen molar-refractivity contribution in [1.29, 1.82) is 0 Å². The fraction of sp³-hybridized carbons (Fsp3) is 0.263. The van der Waals surface area contributed by atoms with E-state index in [0.717, 1.165) is 42.8 Å². The van der Waals surface area contributed by atoms with Gasteiger partial charge in [0.25, 0.3) is 0 Å². The minimum atomic E-state index is -0.855. The summed E-state index contributed by atoms with van der Waals surface area (Å²) in [5, 5.41) is 0. The monoisotopic (exact) mass is 326 g/mol. The van der Waals surface area contributed by atoms with Gasteiger partial charge in [-0.05, 0) is 49.4 Å². The van der Waals surface area contributed by atoms with Crippen molar-refractivity contribution in [3.8, 4) is 0 Å². The molecule has 0 spiro atoms. The molecular weight excluding hydrogens is 310 g/mol. The molecule has 1 unspecified atom stereocenters. The van der Waals surface area contributed by atoms with Gasteiger partial charge in [0, 0.05) is 18.0 Å². The smallest absolute Gasteiger partial charge is 0.199 e. The maximum Gasteiger partial charge on any atom is 0.199 e. The van der Waals surface area contributed by atoms with Crippen molar-refractivity contribution >= 4 is 11.4 Å². The third-order valence-electron chi connectivity index (χ3n) is 4.67. The van der Waals surface area contributed by atoms with Crippen molar-refractivity contribution < 1.29 is 13.6 Å². The molecule has 0 aliphatic heterocycles. The summed E-state index contributed by atoms with van der Waals surface area (Å²) < 4.78 is 29.0. The molecule has 3 nitrogen and oxygen atoms in total. The summed E-state index contributed by atoms with van der Waals surface area (Å²) in [5.41, 5.74) is 2.88. The second-order valence-corrected chi connectivity index (χ2v) is 6.42. The van der Waals surface area contributed by atoms with Crippen molar-refractivity contribution in [2.45, 2.75) is 26.2 Å². The minimum absolute atomic E-state index is 0.140. The third-order valence-corrected chi connectivity index (χ3v) is 4.67. The molecule has 0 fully saturated rings. The zero-order valence-electron chi connectivity index (χ0n) is 13.2. The maximum absolute atomic E-state index is 14.0. The first-order valence-corrected chi connectivity index (χ1v) is 8.03. The lowest BCUT2D eigenvalue weighted by atomic mass is 9.91. The lowest BCUT2D eigenvalue weighted by Gasteiger charge is -2.17. The molecule has 5 heteroatoms. The zero-order valence-corrected chi connectivity index (χ0v) is 13.2.